The van der Waals surface area contributed by atoms with Crippen LogP contribution in [0.15, 0.2) is 48.7 Å². The fraction of sp³-hybridized carbons (Fsp3) is 0.294. The van der Waals surface area contributed by atoms with Crippen LogP contribution in [-0.4, -0.2) is 27.6 Å². The summed E-state index contributed by atoms with van der Waals surface area (Å²) >= 11 is 0. The monoisotopic (exact) mass is 298 g/mol. The first-order chi connectivity index (χ1) is 10.6. The second kappa shape index (κ2) is 6.05. The lowest BCUT2D eigenvalue weighted by Gasteiger charge is -2.15. The zero-order valence-electron chi connectivity index (χ0n) is 12.1. The molecule has 0 spiro atoms. The van der Waals surface area contributed by atoms with E-state index in [1.165, 1.54) is 0 Å². The molecule has 0 unspecified atom stereocenters. The maximum atomic E-state index is 12.4. The summed E-state index contributed by atoms with van der Waals surface area (Å²) in [5.74, 6) is -1.36. The van der Waals surface area contributed by atoms with Crippen LogP contribution >= 0.6 is 0 Å². The molecule has 1 aromatic carbocycles. The van der Waals surface area contributed by atoms with Gasteiger partial charge in [-0.2, -0.15) is 0 Å². The molecular weight excluding hydrogens is 280 g/mol. The molecule has 0 bridgehead atoms. The predicted molar refractivity (Wildman–Crippen MR) is 81.7 cm³/mol. The maximum absolute atomic E-state index is 12.4. The van der Waals surface area contributed by atoms with Crippen molar-refractivity contribution in [3.8, 4) is 0 Å². The van der Waals surface area contributed by atoms with Crippen molar-refractivity contribution >= 4 is 11.9 Å². The third-order valence-electron chi connectivity index (χ3n) is 3.84. The number of carbonyl (C=O) groups is 2. The summed E-state index contributed by atoms with van der Waals surface area (Å²) < 4.78 is 1.93. The highest BCUT2D eigenvalue weighted by Crippen LogP contribution is 2.35. The van der Waals surface area contributed by atoms with Crippen LogP contribution in [0.2, 0.25) is 0 Å². The minimum atomic E-state index is -1.03. The molecule has 1 fully saturated rings. The van der Waals surface area contributed by atoms with Crippen molar-refractivity contribution in [2.24, 2.45) is 0 Å². The Morgan fingerprint density at radius 2 is 1.91 bits per heavy atom. The van der Waals surface area contributed by atoms with Gasteiger partial charge in [0.2, 0.25) is 0 Å². The molecule has 2 N–H and O–H groups in total. The molecule has 2 aromatic rings. The molecular formula is C17H18N2O3. The minimum absolute atomic E-state index is 0.270. The van der Waals surface area contributed by atoms with Gasteiger partial charge in [-0.15, -0.1) is 0 Å². The molecule has 1 aromatic heterocycles. The van der Waals surface area contributed by atoms with E-state index in [-0.39, 0.29) is 12.3 Å². The summed E-state index contributed by atoms with van der Waals surface area (Å²) in [6, 6.07) is 12.3. The topological polar surface area (TPSA) is 71.3 Å². The summed E-state index contributed by atoms with van der Waals surface area (Å²) in [6.45, 7) is 0. The zero-order chi connectivity index (χ0) is 15.5. The van der Waals surface area contributed by atoms with Gasteiger partial charge in [0.15, 0.2) is 0 Å². The van der Waals surface area contributed by atoms with Gasteiger partial charge < -0.3 is 15.0 Å². The molecule has 22 heavy (non-hydrogen) atoms. The molecule has 0 radical (unpaired) electrons. The van der Waals surface area contributed by atoms with E-state index in [4.69, 9.17) is 0 Å². The minimum Gasteiger partial charge on any atom is -0.480 e. The number of benzene rings is 1. The van der Waals surface area contributed by atoms with Crippen molar-refractivity contribution in [3.63, 3.8) is 0 Å². The molecule has 1 aliphatic rings. The molecule has 1 atom stereocenters. The van der Waals surface area contributed by atoms with Gasteiger partial charge in [-0.25, -0.2) is 4.79 Å². The number of hydrogen-bond acceptors (Lipinski definition) is 2. The number of nitrogens with zero attached hydrogens (tertiary/aromatic N) is 1. The molecule has 1 aliphatic carbocycles. The molecule has 0 aliphatic heterocycles. The van der Waals surface area contributed by atoms with Crippen molar-refractivity contribution in [2.45, 2.75) is 31.3 Å². The zero-order valence-corrected chi connectivity index (χ0v) is 12.1. The Bertz CT molecular complexity index is 674. The molecule has 1 saturated carbocycles. The van der Waals surface area contributed by atoms with Crippen LogP contribution in [0.5, 0.6) is 0 Å². The molecule has 0 saturated heterocycles. The SMILES string of the molecule is O=C(N[C@@H](Cc1ccccc1)C(=O)O)c1cccn1C1CC1. The molecule has 5 nitrogen and oxygen atoms in total. The second-order valence-corrected chi connectivity index (χ2v) is 5.59. The van der Waals surface area contributed by atoms with Crippen LogP contribution in [0.3, 0.4) is 0 Å². The molecule has 1 amide bonds. The number of carboxylic acid groups (broad SMARTS) is 1. The van der Waals surface area contributed by atoms with Gasteiger partial charge in [-0.1, -0.05) is 30.3 Å². The summed E-state index contributed by atoms with van der Waals surface area (Å²) in [6.07, 6.45) is 4.29. The smallest absolute Gasteiger partial charge is 0.326 e. The maximum Gasteiger partial charge on any atom is 0.326 e. The lowest BCUT2D eigenvalue weighted by atomic mass is 10.1. The van der Waals surface area contributed by atoms with E-state index in [9.17, 15) is 14.7 Å². The fourth-order valence-electron chi connectivity index (χ4n) is 2.54. The Balaban J connectivity index is 1.71. The largest absolute Gasteiger partial charge is 0.480 e. The summed E-state index contributed by atoms with van der Waals surface area (Å²) in [5.41, 5.74) is 1.41. The van der Waals surface area contributed by atoms with Crippen molar-refractivity contribution < 1.29 is 14.7 Å². The fourth-order valence-corrected chi connectivity index (χ4v) is 2.54. The molecule has 5 heteroatoms. The number of carbonyl (C=O) groups excluding carboxylic acids is 1. The first-order valence-corrected chi connectivity index (χ1v) is 7.39. The van der Waals surface area contributed by atoms with Gasteiger partial charge in [-0.05, 0) is 30.5 Å². The van der Waals surface area contributed by atoms with Crippen LogP contribution < -0.4 is 5.32 Å². The average Bonchev–Trinajstić information content (AvgIpc) is 3.24. The normalized spacial score (nSPS) is 15.3. The number of rotatable bonds is 6. The first kappa shape index (κ1) is 14.4. The van der Waals surface area contributed by atoms with E-state index in [0.29, 0.717) is 11.7 Å². The summed E-state index contributed by atoms with van der Waals surface area (Å²) in [5, 5.41) is 12.0. The highest BCUT2D eigenvalue weighted by Gasteiger charge is 2.28. The van der Waals surface area contributed by atoms with Gasteiger partial charge in [0.25, 0.3) is 5.91 Å². The standard InChI is InChI=1S/C17H18N2O3/c20-16(15-7-4-10-19(15)13-8-9-13)18-14(17(21)22)11-12-5-2-1-3-6-12/h1-7,10,13-14H,8-9,11H2,(H,18,20)(H,21,22)/t14-/m0/s1. The van der Waals surface area contributed by atoms with Gasteiger partial charge >= 0.3 is 5.97 Å². The first-order valence-electron chi connectivity index (χ1n) is 7.39. The summed E-state index contributed by atoms with van der Waals surface area (Å²) in [7, 11) is 0. The van der Waals surface area contributed by atoms with Crippen molar-refractivity contribution in [2.75, 3.05) is 0 Å². The third-order valence-corrected chi connectivity index (χ3v) is 3.84. The lowest BCUT2D eigenvalue weighted by Crippen LogP contribution is -2.42. The second-order valence-electron chi connectivity index (χ2n) is 5.59. The Morgan fingerprint density at radius 1 is 1.18 bits per heavy atom. The van der Waals surface area contributed by atoms with E-state index in [1.54, 1.807) is 6.07 Å². The van der Waals surface area contributed by atoms with Crippen LogP contribution in [0.25, 0.3) is 0 Å². The van der Waals surface area contributed by atoms with Crippen LogP contribution in [-0.2, 0) is 11.2 Å². The Morgan fingerprint density at radius 3 is 2.55 bits per heavy atom. The van der Waals surface area contributed by atoms with Crippen LogP contribution in [0.1, 0.15) is 34.9 Å². The molecule has 114 valence electrons. The van der Waals surface area contributed by atoms with E-state index in [2.05, 4.69) is 5.32 Å². The number of aliphatic carboxylic acids is 1. The van der Waals surface area contributed by atoms with Gasteiger partial charge in [0.05, 0.1) is 0 Å². The third kappa shape index (κ3) is 3.19. The van der Waals surface area contributed by atoms with Crippen molar-refractivity contribution in [3.05, 3.63) is 59.9 Å². The van der Waals surface area contributed by atoms with Crippen LogP contribution in [0, 0.1) is 0 Å². The van der Waals surface area contributed by atoms with Crippen LogP contribution in [0.4, 0.5) is 0 Å². The molecule has 1 heterocycles. The number of hydrogen-bond donors (Lipinski definition) is 2. The predicted octanol–water partition coefficient (Wildman–Crippen LogP) is 2.25. The van der Waals surface area contributed by atoms with E-state index in [0.717, 1.165) is 18.4 Å². The number of nitrogens with one attached hydrogen (secondary N) is 1. The van der Waals surface area contributed by atoms with E-state index in [1.807, 2.05) is 47.2 Å². The summed E-state index contributed by atoms with van der Waals surface area (Å²) in [4.78, 5) is 23.8. The molecule has 3 rings (SSSR count). The van der Waals surface area contributed by atoms with E-state index >= 15 is 0 Å². The highest BCUT2D eigenvalue weighted by atomic mass is 16.4. The van der Waals surface area contributed by atoms with Crippen molar-refractivity contribution in [1.29, 1.82) is 0 Å². The van der Waals surface area contributed by atoms with Gasteiger partial charge in [0.1, 0.15) is 11.7 Å². The van der Waals surface area contributed by atoms with Crippen molar-refractivity contribution in [1.82, 2.24) is 9.88 Å². The quantitative estimate of drug-likeness (QED) is 0.859. The number of carboxylic acids is 1. The Kier molecular flexibility index (Phi) is 3.96. The Hall–Kier alpha value is -2.56. The average molecular weight is 298 g/mol. The van der Waals surface area contributed by atoms with Gasteiger partial charge in [-0.3, -0.25) is 4.79 Å². The number of amides is 1. The highest BCUT2D eigenvalue weighted by molar-refractivity contribution is 5.95. The Labute approximate surface area is 128 Å². The van der Waals surface area contributed by atoms with E-state index < -0.39 is 12.0 Å². The van der Waals surface area contributed by atoms with Gasteiger partial charge in [0, 0.05) is 18.7 Å². The lowest BCUT2D eigenvalue weighted by molar-refractivity contribution is -0.139. The number of aromatic nitrogens is 1.